The number of carbonyl (C=O) groups excluding carboxylic acids is 1. The summed E-state index contributed by atoms with van der Waals surface area (Å²) in [7, 11) is 2.99. The van der Waals surface area contributed by atoms with Crippen LogP contribution in [0.3, 0.4) is 0 Å². The normalized spacial score (nSPS) is 10.4. The van der Waals surface area contributed by atoms with Crippen LogP contribution in [-0.2, 0) is 17.1 Å². The first-order valence-corrected chi connectivity index (χ1v) is 9.97. The number of nitrogens with one attached hydrogen (secondary N) is 1. The highest BCUT2D eigenvalue weighted by Crippen LogP contribution is 2.24. The van der Waals surface area contributed by atoms with Crippen molar-refractivity contribution >= 4 is 23.4 Å². The van der Waals surface area contributed by atoms with Crippen molar-refractivity contribution in [3.05, 3.63) is 82.8 Å². The highest BCUT2D eigenvalue weighted by molar-refractivity contribution is 7.98. The summed E-state index contributed by atoms with van der Waals surface area (Å²) in [4.78, 5) is 26.0. The fraction of sp³-hybridized carbons (Fsp3) is 0.182. The largest absolute Gasteiger partial charge is 0.495 e. The van der Waals surface area contributed by atoms with Crippen molar-refractivity contribution in [2.24, 2.45) is 0 Å². The molecule has 0 aliphatic carbocycles. The van der Waals surface area contributed by atoms with Gasteiger partial charge in [0, 0.05) is 22.4 Å². The van der Waals surface area contributed by atoms with E-state index in [0.717, 1.165) is 10.6 Å². The molecular weight excluding hydrogens is 388 g/mol. The van der Waals surface area contributed by atoms with Crippen LogP contribution in [0.1, 0.15) is 5.69 Å². The summed E-state index contributed by atoms with van der Waals surface area (Å²) >= 11 is 1.59. The third-order valence-corrected chi connectivity index (χ3v) is 5.27. The molecule has 150 valence electrons. The van der Waals surface area contributed by atoms with Gasteiger partial charge in [0.05, 0.1) is 26.1 Å². The van der Waals surface area contributed by atoms with Crippen molar-refractivity contribution < 1.29 is 14.3 Å². The second-order valence-electron chi connectivity index (χ2n) is 6.18. The van der Waals surface area contributed by atoms with E-state index in [1.807, 2.05) is 42.5 Å². The molecule has 0 aliphatic rings. The summed E-state index contributed by atoms with van der Waals surface area (Å²) in [5.41, 5.74) is 1.12. The first kappa shape index (κ1) is 20.5. The summed E-state index contributed by atoms with van der Waals surface area (Å²) in [5.74, 6) is 1.10. The predicted molar refractivity (Wildman–Crippen MR) is 115 cm³/mol. The molecule has 29 heavy (non-hydrogen) atoms. The van der Waals surface area contributed by atoms with Crippen molar-refractivity contribution in [2.45, 2.75) is 17.2 Å². The van der Waals surface area contributed by atoms with Gasteiger partial charge in [0.2, 0.25) is 11.3 Å². The molecular formula is C22H22N2O4S. The van der Waals surface area contributed by atoms with Crippen LogP contribution in [0, 0.1) is 0 Å². The maximum absolute atomic E-state index is 12.6. The number of thioether (sulfide) groups is 1. The maximum atomic E-state index is 12.6. The molecule has 0 atom stereocenters. The summed E-state index contributed by atoms with van der Waals surface area (Å²) in [5, 5.41) is 2.85. The number of methoxy groups -OCH3 is 2. The fourth-order valence-electron chi connectivity index (χ4n) is 2.78. The number of nitrogens with zero attached hydrogens (tertiary/aromatic N) is 1. The van der Waals surface area contributed by atoms with Crippen molar-refractivity contribution in [3.63, 3.8) is 0 Å². The Kier molecular flexibility index (Phi) is 6.97. The lowest BCUT2D eigenvalue weighted by molar-refractivity contribution is -0.116. The van der Waals surface area contributed by atoms with Crippen molar-refractivity contribution in [1.29, 1.82) is 0 Å². The monoisotopic (exact) mass is 410 g/mol. The molecule has 0 saturated heterocycles. The third-order valence-electron chi connectivity index (χ3n) is 4.23. The van der Waals surface area contributed by atoms with Gasteiger partial charge in [-0.3, -0.25) is 9.59 Å². The number of hydrogen-bond donors (Lipinski definition) is 1. The summed E-state index contributed by atoms with van der Waals surface area (Å²) in [6, 6.07) is 18.6. The second kappa shape index (κ2) is 9.84. The molecule has 0 spiro atoms. The Morgan fingerprint density at radius 2 is 1.69 bits per heavy atom. The Bertz CT molecular complexity index is 1030. The van der Waals surface area contributed by atoms with Crippen LogP contribution in [0.25, 0.3) is 0 Å². The molecule has 0 unspecified atom stereocenters. The topological polar surface area (TPSA) is 69.6 Å². The van der Waals surface area contributed by atoms with Crippen LogP contribution >= 0.6 is 11.8 Å². The van der Waals surface area contributed by atoms with Crippen molar-refractivity contribution in [2.75, 3.05) is 19.5 Å². The summed E-state index contributed by atoms with van der Waals surface area (Å²) < 4.78 is 12.2. The van der Waals surface area contributed by atoms with Crippen molar-refractivity contribution in [1.82, 2.24) is 4.57 Å². The average Bonchev–Trinajstić information content (AvgIpc) is 2.74. The Morgan fingerprint density at radius 3 is 2.41 bits per heavy atom. The molecule has 0 fully saturated rings. The van der Waals surface area contributed by atoms with E-state index < -0.39 is 0 Å². The van der Waals surface area contributed by atoms with Crippen LogP contribution in [0.2, 0.25) is 0 Å². The third kappa shape index (κ3) is 5.42. The molecule has 2 aromatic carbocycles. The van der Waals surface area contributed by atoms with Gasteiger partial charge in [-0.05, 0) is 24.3 Å². The smallest absolute Gasteiger partial charge is 0.244 e. The molecule has 6 nitrogen and oxygen atoms in total. The summed E-state index contributed by atoms with van der Waals surface area (Å²) in [6.07, 6.45) is 1.57. The van der Waals surface area contributed by atoms with Gasteiger partial charge in [0.1, 0.15) is 12.3 Å². The number of hydrogen-bond acceptors (Lipinski definition) is 5. The minimum Gasteiger partial charge on any atom is -0.495 e. The fourth-order valence-corrected chi connectivity index (χ4v) is 3.70. The Hall–Kier alpha value is -3.19. The molecule has 3 rings (SSSR count). The SMILES string of the molecule is COc1ccccc1NC(=O)Cn1cc(OC)c(=O)cc1CSc1ccccc1. The number of rotatable bonds is 8. The number of aromatic nitrogens is 1. The molecule has 0 saturated carbocycles. The number of benzene rings is 2. The molecule has 1 amide bonds. The molecule has 7 heteroatoms. The lowest BCUT2D eigenvalue weighted by atomic mass is 10.3. The Morgan fingerprint density at radius 1 is 1.00 bits per heavy atom. The van der Waals surface area contributed by atoms with E-state index in [1.165, 1.54) is 13.2 Å². The maximum Gasteiger partial charge on any atom is 0.244 e. The summed E-state index contributed by atoms with van der Waals surface area (Å²) in [6.45, 7) is 0.0410. The quantitative estimate of drug-likeness (QED) is 0.572. The molecule has 0 radical (unpaired) electrons. The van der Waals surface area contributed by atoms with Crippen LogP contribution in [0.5, 0.6) is 11.5 Å². The minimum atomic E-state index is -0.230. The number of carbonyl (C=O) groups is 1. The lowest BCUT2D eigenvalue weighted by Crippen LogP contribution is -2.23. The second-order valence-corrected chi connectivity index (χ2v) is 7.22. The van der Waals surface area contributed by atoms with E-state index in [1.54, 1.807) is 41.8 Å². The minimum absolute atomic E-state index is 0.0410. The lowest BCUT2D eigenvalue weighted by Gasteiger charge is -2.15. The zero-order valence-corrected chi connectivity index (χ0v) is 17.1. The van der Waals surface area contributed by atoms with Crippen LogP contribution < -0.4 is 20.2 Å². The molecule has 1 aromatic heterocycles. The van der Waals surface area contributed by atoms with Gasteiger partial charge < -0.3 is 19.4 Å². The van der Waals surface area contributed by atoms with Crippen LogP contribution in [-0.4, -0.2) is 24.7 Å². The zero-order chi connectivity index (χ0) is 20.6. The van der Waals surface area contributed by atoms with Gasteiger partial charge in [0.25, 0.3) is 0 Å². The molecule has 3 aromatic rings. The molecule has 0 aliphatic heterocycles. The average molecular weight is 410 g/mol. The standard InChI is InChI=1S/C22H22N2O4S/c1-27-20-11-7-6-10-18(20)23-22(26)14-24-13-21(28-2)19(25)12-16(24)15-29-17-8-4-3-5-9-17/h3-13H,14-15H2,1-2H3,(H,23,26). The van der Waals surface area contributed by atoms with E-state index in [4.69, 9.17) is 9.47 Å². The number of pyridine rings is 1. The molecule has 1 N–H and O–H groups in total. The number of anilines is 1. The van der Waals surface area contributed by atoms with E-state index >= 15 is 0 Å². The molecule has 0 bridgehead atoms. The van der Waals surface area contributed by atoms with Gasteiger partial charge in [0.15, 0.2) is 5.75 Å². The Balaban J connectivity index is 1.80. The van der Waals surface area contributed by atoms with Crippen LogP contribution in [0.15, 0.2) is 76.6 Å². The van der Waals surface area contributed by atoms with Gasteiger partial charge >= 0.3 is 0 Å². The molecule has 1 heterocycles. The first-order chi connectivity index (χ1) is 14.1. The van der Waals surface area contributed by atoms with Gasteiger partial charge in [-0.25, -0.2) is 0 Å². The van der Waals surface area contributed by atoms with E-state index in [0.29, 0.717) is 17.2 Å². The Labute approximate surface area is 173 Å². The number of ether oxygens (including phenoxy) is 2. The zero-order valence-electron chi connectivity index (χ0n) is 16.3. The van der Waals surface area contributed by atoms with E-state index in [-0.39, 0.29) is 23.6 Å². The van der Waals surface area contributed by atoms with E-state index in [9.17, 15) is 9.59 Å². The first-order valence-electron chi connectivity index (χ1n) is 8.98. The van der Waals surface area contributed by atoms with Crippen molar-refractivity contribution in [3.8, 4) is 11.5 Å². The van der Waals surface area contributed by atoms with Gasteiger partial charge in [-0.2, -0.15) is 0 Å². The highest BCUT2D eigenvalue weighted by Gasteiger charge is 2.13. The predicted octanol–water partition coefficient (Wildman–Crippen LogP) is 3.80. The highest BCUT2D eigenvalue weighted by atomic mass is 32.2. The van der Waals surface area contributed by atoms with Gasteiger partial charge in [-0.15, -0.1) is 11.8 Å². The number of para-hydroxylation sites is 2. The van der Waals surface area contributed by atoms with Crippen LogP contribution in [0.4, 0.5) is 5.69 Å². The number of amides is 1. The van der Waals surface area contributed by atoms with E-state index in [2.05, 4.69) is 5.32 Å². The van der Waals surface area contributed by atoms with Gasteiger partial charge in [-0.1, -0.05) is 30.3 Å².